The summed E-state index contributed by atoms with van der Waals surface area (Å²) >= 11 is 0. The number of nitrogens with zero attached hydrogens (tertiary/aromatic N) is 1. The number of piperidine rings is 1. The van der Waals surface area contributed by atoms with Gasteiger partial charge in [0.25, 0.3) is 0 Å². The number of amides is 2. The third-order valence-corrected chi connectivity index (χ3v) is 4.72. The van der Waals surface area contributed by atoms with E-state index in [9.17, 15) is 14.7 Å². The Hall–Kier alpha value is -1.68. The highest BCUT2D eigenvalue weighted by Crippen LogP contribution is 2.63. The van der Waals surface area contributed by atoms with Crippen molar-refractivity contribution in [3.8, 4) is 0 Å². The molecule has 4 heteroatoms. The molecule has 0 radical (unpaired) electrons. The van der Waals surface area contributed by atoms with Crippen LogP contribution in [0.25, 0.3) is 0 Å². The number of hydrogen-bond acceptors (Lipinski definition) is 3. The minimum absolute atomic E-state index is 0.111. The molecule has 0 spiro atoms. The maximum absolute atomic E-state index is 12.4. The maximum atomic E-state index is 12.4. The number of hydrogen-bond donors (Lipinski definition) is 1. The number of rotatable bonds is 4. The van der Waals surface area contributed by atoms with Gasteiger partial charge in [-0.15, -0.1) is 0 Å². The van der Waals surface area contributed by atoms with Crippen molar-refractivity contribution in [3.63, 3.8) is 0 Å². The third-order valence-electron chi connectivity index (χ3n) is 4.72. The van der Waals surface area contributed by atoms with Crippen molar-refractivity contribution in [1.82, 2.24) is 4.90 Å². The first-order valence-corrected chi connectivity index (χ1v) is 7.00. The molecule has 1 saturated heterocycles. The first-order valence-electron chi connectivity index (χ1n) is 7.00. The van der Waals surface area contributed by atoms with E-state index in [2.05, 4.69) is 0 Å². The first kappa shape index (κ1) is 13.3. The van der Waals surface area contributed by atoms with Crippen molar-refractivity contribution in [3.05, 3.63) is 35.9 Å². The van der Waals surface area contributed by atoms with Crippen LogP contribution in [0.2, 0.25) is 0 Å². The van der Waals surface area contributed by atoms with E-state index < -0.39 is 6.04 Å². The number of benzene rings is 1. The van der Waals surface area contributed by atoms with Gasteiger partial charge in [-0.05, 0) is 17.4 Å². The third kappa shape index (κ3) is 1.79. The molecule has 1 saturated carbocycles. The lowest BCUT2D eigenvalue weighted by atomic mass is 10.0. The number of aliphatic hydroxyl groups is 1. The van der Waals surface area contributed by atoms with Crippen LogP contribution < -0.4 is 0 Å². The summed E-state index contributed by atoms with van der Waals surface area (Å²) in [6, 6.07) is 9.19. The Kier molecular flexibility index (Phi) is 2.94. The number of carbonyl (C=O) groups is 2. The molecule has 4 nitrogen and oxygen atoms in total. The molecule has 20 heavy (non-hydrogen) atoms. The van der Waals surface area contributed by atoms with Gasteiger partial charge in [0.05, 0.1) is 24.5 Å². The van der Waals surface area contributed by atoms with Crippen molar-refractivity contribution >= 4 is 11.8 Å². The Bertz CT molecular complexity index is 528. The fourth-order valence-corrected chi connectivity index (χ4v) is 3.45. The minimum atomic E-state index is -0.444. The lowest BCUT2D eigenvalue weighted by Crippen LogP contribution is -2.46. The molecule has 0 aromatic heterocycles. The van der Waals surface area contributed by atoms with Crippen LogP contribution in [0, 0.1) is 17.3 Å². The van der Waals surface area contributed by atoms with E-state index in [4.69, 9.17) is 0 Å². The van der Waals surface area contributed by atoms with Crippen LogP contribution in [0.3, 0.4) is 0 Å². The van der Waals surface area contributed by atoms with Gasteiger partial charge in [-0.2, -0.15) is 0 Å². The quantitative estimate of drug-likeness (QED) is 0.839. The molecule has 2 fully saturated rings. The summed E-state index contributed by atoms with van der Waals surface area (Å²) in [6.45, 7) is 3.73. The van der Waals surface area contributed by atoms with E-state index in [1.807, 2.05) is 44.2 Å². The van der Waals surface area contributed by atoms with Crippen molar-refractivity contribution in [1.29, 1.82) is 0 Å². The topological polar surface area (TPSA) is 57.6 Å². The second-order valence-electron chi connectivity index (χ2n) is 6.35. The average molecular weight is 273 g/mol. The number of imide groups is 1. The van der Waals surface area contributed by atoms with E-state index in [0.29, 0.717) is 6.42 Å². The van der Waals surface area contributed by atoms with E-state index in [1.165, 1.54) is 4.90 Å². The fraction of sp³-hybridized carbons (Fsp3) is 0.500. The second-order valence-corrected chi connectivity index (χ2v) is 6.35. The van der Waals surface area contributed by atoms with Crippen LogP contribution in [-0.4, -0.2) is 34.5 Å². The second kappa shape index (κ2) is 4.42. The average Bonchev–Trinajstić information content (AvgIpc) is 2.89. The van der Waals surface area contributed by atoms with Crippen molar-refractivity contribution in [2.24, 2.45) is 17.3 Å². The van der Waals surface area contributed by atoms with Gasteiger partial charge in [-0.3, -0.25) is 14.5 Å². The Balaban J connectivity index is 1.78. The van der Waals surface area contributed by atoms with Gasteiger partial charge < -0.3 is 5.11 Å². The van der Waals surface area contributed by atoms with Gasteiger partial charge in [0.15, 0.2) is 0 Å². The number of likely N-dealkylation sites (tertiary alicyclic amines) is 1. The van der Waals surface area contributed by atoms with Crippen molar-refractivity contribution in [2.75, 3.05) is 6.61 Å². The predicted molar refractivity (Wildman–Crippen MR) is 73.6 cm³/mol. The number of fused-ring (bicyclic) bond motifs is 1. The van der Waals surface area contributed by atoms with Crippen LogP contribution in [-0.2, 0) is 16.0 Å². The summed E-state index contributed by atoms with van der Waals surface area (Å²) in [4.78, 5) is 26.0. The van der Waals surface area contributed by atoms with E-state index in [-0.39, 0.29) is 35.7 Å². The molecule has 3 atom stereocenters. The van der Waals surface area contributed by atoms with Crippen LogP contribution in [0.1, 0.15) is 19.4 Å². The van der Waals surface area contributed by atoms with Gasteiger partial charge in [-0.1, -0.05) is 44.2 Å². The zero-order valence-electron chi connectivity index (χ0n) is 11.7. The van der Waals surface area contributed by atoms with Crippen molar-refractivity contribution in [2.45, 2.75) is 26.3 Å². The normalized spacial score (nSPS) is 28.4. The van der Waals surface area contributed by atoms with E-state index >= 15 is 0 Å². The van der Waals surface area contributed by atoms with Gasteiger partial charge >= 0.3 is 0 Å². The first-order chi connectivity index (χ1) is 9.48. The molecular weight excluding hydrogens is 254 g/mol. The van der Waals surface area contributed by atoms with Crippen LogP contribution in [0.5, 0.6) is 0 Å². The Morgan fingerprint density at radius 3 is 2.20 bits per heavy atom. The van der Waals surface area contributed by atoms with Gasteiger partial charge in [-0.25, -0.2) is 0 Å². The lowest BCUT2D eigenvalue weighted by Gasteiger charge is -2.28. The summed E-state index contributed by atoms with van der Waals surface area (Å²) < 4.78 is 0. The highest BCUT2D eigenvalue weighted by Gasteiger charge is 2.73. The van der Waals surface area contributed by atoms with Crippen molar-refractivity contribution < 1.29 is 14.7 Å². The Morgan fingerprint density at radius 2 is 1.70 bits per heavy atom. The Labute approximate surface area is 118 Å². The molecule has 1 aromatic carbocycles. The zero-order chi connectivity index (χ0) is 14.5. The summed E-state index contributed by atoms with van der Waals surface area (Å²) in [5.41, 5.74) is 0.823. The molecule has 1 heterocycles. The van der Waals surface area contributed by atoms with E-state index in [1.54, 1.807) is 0 Å². The highest BCUT2D eigenvalue weighted by atomic mass is 16.3. The fourth-order valence-electron chi connectivity index (χ4n) is 3.45. The molecule has 106 valence electrons. The SMILES string of the molecule is CC1(C)C2C(=O)N([C@H](CO)Cc3ccccc3)C(=O)C21. The molecular formula is C16H19NO3. The summed E-state index contributed by atoms with van der Waals surface area (Å²) in [5, 5.41) is 9.57. The van der Waals surface area contributed by atoms with Crippen LogP contribution >= 0.6 is 0 Å². The molecule has 2 aliphatic rings. The van der Waals surface area contributed by atoms with Gasteiger partial charge in [0.1, 0.15) is 0 Å². The van der Waals surface area contributed by atoms with Crippen LogP contribution in [0.15, 0.2) is 30.3 Å². The minimum Gasteiger partial charge on any atom is -0.394 e. The molecule has 0 bridgehead atoms. The lowest BCUT2D eigenvalue weighted by molar-refractivity contribution is -0.146. The predicted octanol–water partition coefficient (Wildman–Crippen LogP) is 1.23. The molecule has 1 aliphatic carbocycles. The van der Waals surface area contributed by atoms with Gasteiger partial charge in [0, 0.05) is 0 Å². The number of aliphatic hydroxyl groups excluding tert-OH is 1. The van der Waals surface area contributed by atoms with E-state index in [0.717, 1.165) is 5.56 Å². The molecule has 2 unspecified atom stereocenters. The Morgan fingerprint density at radius 1 is 1.15 bits per heavy atom. The smallest absolute Gasteiger partial charge is 0.234 e. The highest BCUT2D eigenvalue weighted by molar-refractivity contribution is 6.10. The molecule has 3 rings (SSSR count). The summed E-state index contributed by atoms with van der Waals surface area (Å²) in [6.07, 6.45) is 0.509. The maximum Gasteiger partial charge on any atom is 0.234 e. The monoisotopic (exact) mass is 273 g/mol. The number of carbonyl (C=O) groups excluding carboxylic acids is 2. The molecule has 1 aromatic rings. The van der Waals surface area contributed by atoms with Gasteiger partial charge in [0.2, 0.25) is 11.8 Å². The molecule has 1 aliphatic heterocycles. The summed E-state index contributed by atoms with van der Waals surface area (Å²) in [5.74, 6) is -0.584. The van der Waals surface area contributed by atoms with Crippen LogP contribution in [0.4, 0.5) is 0 Å². The summed E-state index contributed by atoms with van der Waals surface area (Å²) in [7, 11) is 0. The largest absolute Gasteiger partial charge is 0.394 e. The standard InChI is InChI=1S/C16H19NO3/c1-16(2)12-13(16)15(20)17(14(12)19)11(9-18)8-10-6-4-3-5-7-10/h3-7,11-13,18H,8-9H2,1-2H3/t11-,12?,13?/m0/s1. The molecule has 1 N–H and O–H groups in total. The molecule has 2 amide bonds. The zero-order valence-corrected chi connectivity index (χ0v) is 11.7.